The van der Waals surface area contributed by atoms with Crippen molar-refractivity contribution in [3.05, 3.63) is 52.7 Å². The van der Waals surface area contributed by atoms with E-state index in [1.165, 1.54) is 16.3 Å². The monoisotopic (exact) mass is 405 g/mol. The van der Waals surface area contributed by atoms with Crippen molar-refractivity contribution in [1.82, 2.24) is 4.90 Å². The number of rotatable bonds is 8. The lowest BCUT2D eigenvalue weighted by molar-refractivity contribution is 0.0840. The molecule has 0 saturated carbocycles. The van der Waals surface area contributed by atoms with Gasteiger partial charge in [0, 0.05) is 17.2 Å². The minimum Gasteiger partial charge on any atom is -0.303 e. The molecule has 144 valence electrons. The average molecular weight is 406 g/mol. The largest absolute Gasteiger partial charge is 0.303 e. The zero-order valence-corrected chi connectivity index (χ0v) is 17.1. The molecular weight excluding hydrogens is 381 g/mol. The van der Waals surface area contributed by atoms with E-state index in [1.54, 1.807) is 42.2 Å². The van der Waals surface area contributed by atoms with Gasteiger partial charge in [0.05, 0.1) is 9.09 Å². The highest BCUT2D eigenvalue weighted by atomic mass is 32.2. The van der Waals surface area contributed by atoms with Crippen LogP contribution in [-0.4, -0.2) is 41.9 Å². The van der Waals surface area contributed by atoms with E-state index in [2.05, 4.69) is 4.90 Å². The van der Waals surface area contributed by atoms with Gasteiger partial charge in [0.25, 0.3) is 0 Å². The highest BCUT2D eigenvalue weighted by Gasteiger charge is 2.25. The van der Waals surface area contributed by atoms with Crippen LogP contribution in [-0.2, 0) is 0 Å². The van der Waals surface area contributed by atoms with E-state index in [1.807, 2.05) is 12.1 Å². The van der Waals surface area contributed by atoms with Crippen LogP contribution in [0.1, 0.15) is 46.2 Å². The smallest absolute Gasteiger partial charge is 0.169 e. The van der Waals surface area contributed by atoms with Gasteiger partial charge in [0.1, 0.15) is 5.82 Å². The maximum absolute atomic E-state index is 13.0. The van der Waals surface area contributed by atoms with Gasteiger partial charge in [-0.25, -0.2) is 4.39 Å². The second-order valence-corrected chi connectivity index (χ2v) is 9.34. The molecule has 3 rings (SSSR count). The van der Waals surface area contributed by atoms with Crippen LogP contribution in [0.25, 0.3) is 0 Å². The Labute approximate surface area is 168 Å². The number of Topliss-reactive ketones (excluding diaryl/α,β-unsaturated/α-hetero) is 2. The molecule has 0 N–H and O–H groups in total. The van der Waals surface area contributed by atoms with Gasteiger partial charge in [-0.1, -0.05) is 0 Å². The lowest BCUT2D eigenvalue weighted by Crippen LogP contribution is -2.37. The predicted octanol–water partition coefficient (Wildman–Crippen LogP) is 5.17. The van der Waals surface area contributed by atoms with Gasteiger partial charge < -0.3 is 4.90 Å². The molecule has 0 amide bonds. The third-order valence-corrected chi connectivity index (χ3v) is 7.38. The Morgan fingerprint density at radius 2 is 1.85 bits per heavy atom. The van der Waals surface area contributed by atoms with E-state index in [4.69, 9.17) is 0 Å². The van der Waals surface area contributed by atoms with Crippen LogP contribution in [0.2, 0.25) is 0 Å². The summed E-state index contributed by atoms with van der Waals surface area (Å²) < 4.78 is 14.2. The van der Waals surface area contributed by atoms with Crippen LogP contribution in [0, 0.1) is 11.7 Å². The molecule has 27 heavy (non-hydrogen) atoms. The van der Waals surface area contributed by atoms with Crippen LogP contribution in [0.4, 0.5) is 4.39 Å². The Bertz CT molecular complexity index is 780. The zero-order chi connectivity index (χ0) is 19.2. The highest BCUT2D eigenvalue weighted by molar-refractivity contribution is 8.01. The van der Waals surface area contributed by atoms with Crippen LogP contribution in [0.5, 0.6) is 0 Å². The first-order chi connectivity index (χ1) is 13.0. The summed E-state index contributed by atoms with van der Waals surface area (Å²) in [6.45, 7) is 4.52. The Hall–Kier alpha value is -1.50. The van der Waals surface area contributed by atoms with Crippen molar-refractivity contribution in [2.24, 2.45) is 5.92 Å². The molecule has 3 nitrogen and oxygen atoms in total. The Morgan fingerprint density at radius 1 is 1.15 bits per heavy atom. The minimum absolute atomic E-state index is 0.0530. The fraction of sp³-hybridized carbons (Fsp3) is 0.429. The molecule has 1 saturated heterocycles. The first-order valence-corrected chi connectivity index (χ1v) is 11.1. The number of carbonyl (C=O) groups is 2. The van der Waals surface area contributed by atoms with Gasteiger partial charge in [-0.3, -0.25) is 9.59 Å². The van der Waals surface area contributed by atoms with Crippen molar-refractivity contribution in [2.45, 2.75) is 30.4 Å². The van der Waals surface area contributed by atoms with Gasteiger partial charge in [-0.05, 0) is 82.2 Å². The molecule has 2 aromatic rings. The van der Waals surface area contributed by atoms with E-state index >= 15 is 0 Å². The summed E-state index contributed by atoms with van der Waals surface area (Å²) in [4.78, 5) is 27.1. The predicted molar refractivity (Wildman–Crippen MR) is 110 cm³/mol. The molecule has 1 aromatic carbocycles. The van der Waals surface area contributed by atoms with Crippen molar-refractivity contribution < 1.29 is 14.0 Å². The second kappa shape index (κ2) is 9.62. The molecule has 0 atom stereocenters. The van der Waals surface area contributed by atoms with Crippen LogP contribution < -0.4 is 0 Å². The second-order valence-electron chi connectivity index (χ2n) is 6.86. The van der Waals surface area contributed by atoms with E-state index < -0.39 is 0 Å². The minimum atomic E-state index is -0.306. The molecule has 0 bridgehead atoms. The number of carbonyl (C=O) groups excluding carboxylic acids is 2. The summed E-state index contributed by atoms with van der Waals surface area (Å²) >= 11 is 3.37. The van der Waals surface area contributed by atoms with Crippen LogP contribution in [0.3, 0.4) is 0 Å². The Balaban J connectivity index is 1.36. The number of halogens is 1. The number of hydrogen-bond donors (Lipinski definition) is 0. The number of ketones is 2. The van der Waals surface area contributed by atoms with E-state index in [0.717, 1.165) is 49.5 Å². The lowest BCUT2D eigenvalue weighted by Gasteiger charge is -2.31. The number of likely N-dealkylation sites (tertiary alicyclic amines) is 1. The molecular formula is C21H24FNO2S2. The van der Waals surface area contributed by atoms with Crippen LogP contribution in [0.15, 0.2) is 40.6 Å². The number of benzene rings is 1. The Morgan fingerprint density at radius 3 is 2.48 bits per heavy atom. The molecule has 0 unspecified atom stereocenters. The molecule has 0 spiro atoms. The standard InChI is InChI=1S/C21H24FNO2S2/c1-15(24)19-7-8-20(27-19)26-14-2-11-23-12-9-17(10-13-23)21(25)16-3-5-18(22)6-4-16/h3-8,17H,2,9-14H2,1H3. The summed E-state index contributed by atoms with van der Waals surface area (Å²) in [6.07, 6.45) is 2.83. The number of hydrogen-bond acceptors (Lipinski definition) is 5. The first kappa shape index (κ1) is 20.2. The fourth-order valence-corrected chi connectivity index (χ4v) is 5.34. The third-order valence-electron chi connectivity index (χ3n) is 4.88. The number of thioether (sulfide) groups is 1. The van der Waals surface area contributed by atoms with Crippen LogP contribution >= 0.6 is 23.1 Å². The van der Waals surface area contributed by atoms with Crippen molar-refractivity contribution in [3.63, 3.8) is 0 Å². The molecule has 0 aliphatic carbocycles. The molecule has 1 aromatic heterocycles. The van der Waals surface area contributed by atoms with Crippen molar-refractivity contribution in [3.8, 4) is 0 Å². The van der Waals surface area contributed by atoms with Crippen molar-refractivity contribution >= 4 is 34.7 Å². The maximum atomic E-state index is 13.0. The van der Waals surface area contributed by atoms with Crippen molar-refractivity contribution in [2.75, 3.05) is 25.4 Å². The quantitative estimate of drug-likeness (QED) is 0.345. The van der Waals surface area contributed by atoms with E-state index in [-0.39, 0.29) is 23.3 Å². The summed E-state index contributed by atoms with van der Waals surface area (Å²) in [5, 5.41) is 0. The third kappa shape index (κ3) is 5.74. The van der Waals surface area contributed by atoms with Crippen molar-refractivity contribution in [1.29, 1.82) is 0 Å². The summed E-state index contributed by atoms with van der Waals surface area (Å²) in [7, 11) is 0. The number of piperidine rings is 1. The SMILES string of the molecule is CC(=O)c1ccc(SCCCN2CCC(C(=O)c3ccc(F)cc3)CC2)s1. The lowest BCUT2D eigenvalue weighted by atomic mass is 9.89. The zero-order valence-electron chi connectivity index (χ0n) is 15.4. The molecule has 1 aliphatic rings. The molecule has 0 radical (unpaired) electrons. The summed E-state index contributed by atoms with van der Waals surface area (Å²) in [6, 6.07) is 9.81. The van der Waals surface area contributed by atoms with Gasteiger partial charge >= 0.3 is 0 Å². The van der Waals surface area contributed by atoms with Gasteiger partial charge in [0.2, 0.25) is 0 Å². The maximum Gasteiger partial charge on any atom is 0.169 e. The summed E-state index contributed by atoms with van der Waals surface area (Å²) in [5.41, 5.74) is 0.618. The molecule has 6 heteroatoms. The van der Waals surface area contributed by atoms with Gasteiger partial charge in [-0.2, -0.15) is 0 Å². The molecule has 1 aliphatic heterocycles. The fourth-order valence-electron chi connectivity index (χ4n) is 3.32. The highest BCUT2D eigenvalue weighted by Crippen LogP contribution is 2.28. The summed E-state index contributed by atoms with van der Waals surface area (Å²) in [5.74, 6) is 1.05. The number of thiophene rings is 1. The normalized spacial score (nSPS) is 15.8. The van der Waals surface area contributed by atoms with Gasteiger partial charge in [-0.15, -0.1) is 23.1 Å². The van der Waals surface area contributed by atoms with Gasteiger partial charge in [0.15, 0.2) is 11.6 Å². The topological polar surface area (TPSA) is 37.4 Å². The molecule has 1 fully saturated rings. The molecule has 2 heterocycles. The first-order valence-electron chi connectivity index (χ1n) is 9.28. The van der Waals surface area contributed by atoms with E-state index in [9.17, 15) is 14.0 Å². The van der Waals surface area contributed by atoms with E-state index in [0.29, 0.717) is 5.56 Å². The number of nitrogens with zero attached hydrogens (tertiary/aromatic N) is 1. The Kier molecular flexibility index (Phi) is 7.21. The average Bonchev–Trinajstić information content (AvgIpc) is 3.15.